The molecule has 1 amide bonds. The number of rotatable bonds is 4. The average molecular weight is 314 g/mol. The van der Waals surface area contributed by atoms with E-state index in [9.17, 15) is 4.79 Å². The van der Waals surface area contributed by atoms with Crippen LogP contribution in [-0.4, -0.2) is 45.7 Å². The number of aromatic amines is 1. The van der Waals surface area contributed by atoms with Gasteiger partial charge in [-0.3, -0.25) is 9.89 Å². The minimum absolute atomic E-state index is 0.0503. The van der Waals surface area contributed by atoms with Gasteiger partial charge >= 0.3 is 0 Å². The van der Waals surface area contributed by atoms with E-state index < -0.39 is 0 Å². The first-order valence-corrected chi connectivity index (χ1v) is 8.08. The Kier molecular flexibility index (Phi) is 4.60. The van der Waals surface area contributed by atoms with E-state index in [0.29, 0.717) is 24.0 Å². The number of nitrogens with zero attached hydrogens (tertiary/aromatic N) is 3. The zero-order valence-electron chi connectivity index (χ0n) is 13.6. The number of amides is 1. The maximum Gasteiger partial charge on any atom is 0.276 e. The number of aryl methyl sites for hydroxylation is 1. The second-order valence-corrected chi connectivity index (χ2v) is 5.83. The van der Waals surface area contributed by atoms with Gasteiger partial charge in [-0.15, -0.1) is 0 Å². The monoisotopic (exact) mass is 314 g/mol. The Morgan fingerprint density at radius 3 is 2.87 bits per heavy atom. The van der Waals surface area contributed by atoms with Crippen LogP contribution in [0.3, 0.4) is 0 Å². The molecule has 1 N–H and O–H groups in total. The van der Waals surface area contributed by atoms with E-state index in [-0.39, 0.29) is 5.91 Å². The van der Waals surface area contributed by atoms with Gasteiger partial charge in [0, 0.05) is 30.9 Å². The molecule has 1 saturated heterocycles. The first-order chi connectivity index (χ1) is 11.2. The van der Waals surface area contributed by atoms with Gasteiger partial charge in [-0.25, -0.2) is 4.98 Å². The molecule has 2 aromatic heterocycles. The lowest BCUT2D eigenvalue weighted by Gasteiger charge is -2.31. The zero-order chi connectivity index (χ0) is 16.2. The summed E-state index contributed by atoms with van der Waals surface area (Å²) >= 11 is 0. The Labute approximate surface area is 135 Å². The molecule has 6 nitrogen and oxygen atoms in total. The van der Waals surface area contributed by atoms with Crippen LogP contribution in [0.4, 0.5) is 0 Å². The summed E-state index contributed by atoms with van der Waals surface area (Å²) in [5.74, 6) is 0.926. The van der Waals surface area contributed by atoms with Crippen molar-refractivity contribution in [3.8, 4) is 5.75 Å². The molecule has 0 saturated carbocycles. The van der Waals surface area contributed by atoms with Gasteiger partial charge in [0.05, 0.1) is 12.3 Å². The van der Waals surface area contributed by atoms with Gasteiger partial charge < -0.3 is 9.64 Å². The van der Waals surface area contributed by atoms with Crippen molar-refractivity contribution < 1.29 is 9.53 Å². The van der Waals surface area contributed by atoms with Crippen LogP contribution in [0.1, 0.15) is 47.6 Å². The molecule has 0 bridgehead atoms. The number of aromatic nitrogens is 3. The van der Waals surface area contributed by atoms with Crippen molar-refractivity contribution in [2.24, 2.45) is 0 Å². The molecule has 0 atom stereocenters. The molecular formula is C17H22N4O2. The minimum Gasteiger partial charge on any atom is -0.491 e. The number of H-pyrrole nitrogens is 1. The van der Waals surface area contributed by atoms with Crippen LogP contribution in [0, 0.1) is 6.92 Å². The lowest BCUT2D eigenvalue weighted by molar-refractivity contribution is 0.0701. The van der Waals surface area contributed by atoms with Crippen LogP contribution in [-0.2, 0) is 0 Å². The van der Waals surface area contributed by atoms with Crippen LogP contribution in [0.15, 0.2) is 24.4 Å². The SMILES string of the molecule is CCOc1cccnc1C(=O)N1CCC(c2cc(C)[nH]n2)CC1. The number of carbonyl (C=O) groups excluding carboxylic acids is 1. The van der Waals surface area contributed by atoms with Crippen molar-refractivity contribution in [2.45, 2.75) is 32.6 Å². The van der Waals surface area contributed by atoms with E-state index >= 15 is 0 Å². The Bertz CT molecular complexity index is 675. The molecule has 0 unspecified atom stereocenters. The minimum atomic E-state index is -0.0503. The normalized spacial score (nSPS) is 15.7. The summed E-state index contributed by atoms with van der Waals surface area (Å²) in [6.07, 6.45) is 3.48. The van der Waals surface area contributed by atoms with Crippen LogP contribution in [0.5, 0.6) is 5.75 Å². The number of ether oxygens (including phenoxy) is 1. The van der Waals surface area contributed by atoms with E-state index in [2.05, 4.69) is 21.2 Å². The first kappa shape index (κ1) is 15.5. The summed E-state index contributed by atoms with van der Waals surface area (Å²) in [4.78, 5) is 18.8. The molecule has 1 fully saturated rings. The molecule has 2 aromatic rings. The predicted octanol–water partition coefficient (Wildman–Crippen LogP) is 2.53. The molecule has 0 radical (unpaired) electrons. The molecule has 0 spiro atoms. The number of carbonyl (C=O) groups is 1. The molecule has 1 aliphatic rings. The Morgan fingerprint density at radius 2 is 2.22 bits per heavy atom. The van der Waals surface area contributed by atoms with Crippen molar-refractivity contribution in [3.05, 3.63) is 41.5 Å². The highest BCUT2D eigenvalue weighted by Crippen LogP contribution is 2.28. The highest BCUT2D eigenvalue weighted by Gasteiger charge is 2.27. The lowest BCUT2D eigenvalue weighted by Crippen LogP contribution is -2.38. The Hall–Kier alpha value is -2.37. The van der Waals surface area contributed by atoms with Gasteiger partial charge in [0.25, 0.3) is 5.91 Å². The standard InChI is InChI=1S/C17H22N4O2/c1-3-23-15-5-4-8-18-16(15)17(22)21-9-6-13(7-10-21)14-11-12(2)19-20-14/h4-5,8,11,13H,3,6-7,9-10H2,1-2H3,(H,19,20). The van der Waals surface area contributed by atoms with Crippen molar-refractivity contribution in [3.63, 3.8) is 0 Å². The lowest BCUT2D eigenvalue weighted by atomic mass is 9.93. The largest absolute Gasteiger partial charge is 0.491 e. The number of likely N-dealkylation sites (tertiary alicyclic amines) is 1. The van der Waals surface area contributed by atoms with Crippen molar-refractivity contribution in [2.75, 3.05) is 19.7 Å². The van der Waals surface area contributed by atoms with E-state index in [1.807, 2.05) is 18.7 Å². The first-order valence-electron chi connectivity index (χ1n) is 8.08. The molecule has 1 aliphatic heterocycles. The third-order valence-electron chi connectivity index (χ3n) is 4.20. The fraction of sp³-hybridized carbons (Fsp3) is 0.471. The summed E-state index contributed by atoms with van der Waals surface area (Å²) in [6.45, 7) is 5.87. The summed E-state index contributed by atoms with van der Waals surface area (Å²) in [6, 6.07) is 5.67. The fourth-order valence-corrected chi connectivity index (χ4v) is 3.00. The quantitative estimate of drug-likeness (QED) is 0.941. The molecule has 3 rings (SSSR count). The van der Waals surface area contributed by atoms with Gasteiger partial charge in [-0.1, -0.05) is 0 Å². The molecule has 0 aromatic carbocycles. The van der Waals surface area contributed by atoms with Crippen LogP contribution < -0.4 is 4.74 Å². The van der Waals surface area contributed by atoms with Crippen molar-refractivity contribution in [1.82, 2.24) is 20.1 Å². The third kappa shape index (κ3) is 3.36. The van der Waals surface area contributed by atoms with Crippen LogP contribution >= 0.6 is 0 Å². The predicted molar refractivity (Wildman–Crippen MR) is 86.6 cm³/mol. The van der Waals surface area contributed by atoms with E-state index in [1.54, 1.807) is 18.3 Å². The average Bonchev–Trinajstić information content (AvgIpc) is 3.02. The van der Waals surface area contributed by atoms with Gasteiger partial charge in [0.2, 0.25) is 0 Å². The topological polar surface area (TPSA) is 71.1 Å². The van der Waals surface area contributed by atoms with Gasteiger partial charge in [-0.2, -0.15) is 5.10 Å². The highest BCUT2D eigenvalue weighted by molar-refractivity contribution is 5.95. The van der Waals surface area contributed by atoms with Gasteiger partial charge in [0.1, 0.15) is 0 Å². The Balaban J connectivity index is 1.66. The van der Waals surface area contributed by atoms with E-state index in [0.717, 1.165) is 37.3 Å². The molecular weight excluding hydrogens is 292 g/mol. The molecule has 3 heterocycles. The molecule has 6 heteroatoms. The van der Waals surface area contributed by atoms with Crippen molar-refractivity contribution in [1.29, 1.82) is 0 Å². The van der Waals surface area contributed by atoms with Crippen LogP contribution in [0.25, 0.3) is 0 Å². The van der Waals surface area contributed by atoms with Gasteiger partial charge in [-0.05, 0) is 44.9 Å². The number of piperidine rings is 1. The fourth-order valence-electron chi connectivity index (χ4n) is 3.00. The number of hydrogen-bond donors (Lipinski definition) is 1. The smallest absolute Gasteiger partial charge is 0.276 e. The maximum atomic E-state index is 12.7. The third-order valence-corrected chi connectivity index (χ3v) is 4.20. The van der Waals surface area contributed by atoms with E-state index in [4.69, 9.17) is 4.74 Å². The van der Waals surface area contributed by atoms with Crippen molar-refractivity contribution >= 4 is 5.91 Å². The second-order valence-electron chi connectivity index (χ2n) is 5.83. The number of nitrogens with one attached hydrogen (secondary N) is 1. The summed E-state index contributed by atoms with van der Waals surface area (Å²) < 4.78 is 5.52. The number of pyridine rings is 1. The number of hydrogen-bond acceptors (Lipinski definition) is 4. The van der Waals surface area contributed by atoms with E-state index in [1.165, 1.54) is 0 Å². The second kappa shape index (κ2) is 6.81. The Morgan fingerprint density at radius 1 is 1.43 bits per heavy atom. The maximum absolute atomic E-state index is 12.7. The molecule has 0 aliphatic carbocycles. The van der Waals surface area contributed by atoms with Crippen LogP contribution in [0.2, 0.25) is 0 Å². The highest BCUT2D eigenvalue weighted by atomic mass is 16.5. The molecule has 23 heavy (non-hydrogen) atoms. The summed E-state index contributed by atoms with van der Waals surface area (Å²) in [7, 11) is 0. The summed E-state index contributed by atoms with van der Waals surface area (Å²) in [5, 5.41) is 7.34. The zero-order valence-corrected chi connectivity index (χ0v) is 13.6. The summed E-state index contributed by atoms with van der Waals surface area (Å²) in [5.41, 5.74) is 2.58. The van der Waals surface area contributed by atoms with Gasteiger partial charge in [0.15, 0.2) is 11.4 Å². The molecule has 122 valence electrons.